The van der Waals surface area contributed by atoms with Gasteiger partial charge in [-0.2, -0.15) is 0 Å². The summed E-state index contributed by atoms with van der Waals surface area (Å²) < 4.78 is 0. The van der Waals surface area contributed by atoms with Crippen molar-refractivity contribution in [1.82, 2.24) is 14.9 Å². The minimum atomic E-state index is 0.604. The van der Waals surface area contributed by atoms with E-state index in [2.05, 4.69) is 43.1 Å². The molecule has 0 bridgehead atoms. The predicted octanol–water partition coefficient (Wildman–Crippen LogP) is 4.70. The van der Waals surface area contributed by atoms with Gasteiger partial charge in [-0.15, -0.1) is 0 Å². The van der Waals surface area contributed by atoms with Crippen LogP contribution in [0.15, 0.2) is 24.4 Å². The Morgan fingerprint density at radius 3 is 2.76 bits per heavy atom. The van der Waals surface area contributed by atoms with Gasteiger partial charge in [-0.05, 0) is 37.8 Å². The van der Waals surface area contributed by atoms with Gasteiger partial charge in [0.15, 0.2) is 0 Å². The van der Waals surface area contributed by atoms with E-state index in [1.807, 2.05) is 0 Å². The molecule has 132 valence electrons. The number of aromatic nitrogens is 2. The van der Waals surface area contributed by atoms with Gasteiger partial charge in [0.05, 0.1) is 0 Å². The quantitative estimate of drug-likeness (QED) is 0.814. The monoisotopic (exact) mass is 335 g/mol. The molecule has 0 spiro atoms. The van der Waals surface area contributed by atoms with Crippen LogP contribution in [-0.2, 0) is 19.5 Å². The smallest absolute Gasteiger partial charge is 0.131 e. The van der Waals surface area contributed by atoms with Crippen molar-refractivity contribution < 1.29 is 0 Å². The van der Waals surface area contributed by atoms with Gasteiger partial charge in [0.1, 0.15) is 5.82 Å². The normalized spacial score (nSPS) is 19.0. The number of benzene rings is 1. The molecule has 25 heavy (non-hydrogen) atoms. The fraction of sp³-hybridized carbons (Fsp3) is 0.545. The first-order valence-electron chi connectivity index (χ1n) is 9.82. The summed E-state index contributed by atoms with van der Waals surface area (Å²) in [5.41, 5.74) is 6.81. The molecule has 0 N–H and O–H groups in total. The van der Waals surface area contributed by atoms with Gasteiger partial charge < -0.3 is 0 Å². The molecule has 0 unspecified atom stereocenters. The van der Waals surface area contributed by atoms with Crippen LogP contribution in [0.3, 0.4) is 0 Å². The van der Waals surface area contributed by atoms with Gasteiger partial charge in [-0.25, -0.2) is 9.97 Å². The maximum absolute atomic E-state index is 4.97. The van der Waals surface area contributed by atoms with Gasteiger partial charge in [0, 0.05) is 49.4 Å². The molecule has 1 aliphatic heterocycles. The Kier molecular flexibility index (Phi) is 4.85. The second kappa shape index (κ2) is 7.25. The first-order valence-corrected chi connectivity index (χ1v) is 9.82. The van der Waals surface area contributed by atoms with Crippen LogP contribution in [0.1, 0.15) is 71.8 Å². The summed E-state index contributed by atoms with van der Waals surface area (Å²) in [5, 5.41) is 0. The van der Waals surface area contributed by atoms with Gasteiger partial charge in [-0.3, -0.25) is 4.90 Å². The van der Waals surface area contributed by atoms with E-state index in [9.17, 15) is 0 Å². The topological polar surface area (TPSA) is 29.0 Å². The molecule has 3 nitrogen and oxygen atoms in total. The zero-order valence-corrected chi connectivity index (χ0v) is 15.6. The van der Waals surface area contributed by atoms with Crippen molar-refractivity contribution in [1.29, 1.82) is 0 Å². The average Bonchev–Trinajstić information content (AvgIpc) is 2.64. The number of fused-ring (bicyclic) bond motifs is 1. The molecule has 1 aromatic carbocycles. The van der Waals surface area contributed by atoms with Gasteiger partial charge >= 0.3 is 0 Å². The molecule has 0 saturated heterocycles. The van der Waals surface area contributed by atoms with Crippen molar-refractivity contribution in [2.24, 2.45) is 0 Å². The highest BCUT2D eigenvalue weighted by Crippen LogP contribution is 2.31. The summed E-state index contributed by atoms with van der Waals surface area (Å²) in [4.78, 5) is 12.2. The lowest BCUT2D eigenvalue weighted by Gasteiger charge is -2.29. The highest BCUT2D eigenvalue weighted by Gasteiger charge is 2.22. The van der Waals surface area contributed by atoms with Gasteiger partial charge in [0.2, 0.25) is 0 Å². The standard InChI is InChI=1S/C22H29N3/c1-16-8-9-19(17(2)12-16)14-25-11-10-21-20(15-25)13-23-22(24-21)18-6-4-3-5-7-18/h8-9,12-13,18H,3-7,10-11,14-15H2,1-2H3. The Morgan fingerprint density at radius 2 is 1.96 bits per heavy atom. The van der Waals surface area contributed by atoms with Crippen LogP contribution in [0.25, 0.3) is 0 Å². The number of nitrogens with zero attached hydrogens (tertiary/aromatic N) is 3. The number of hydrogen-bond acceptors (Lipinski definition) is 3. The van der Waals surface area contributed by atoms with E-state index < -0.39 is 0 Å². The van der Waals surface area contributed by atoms with Crippen molar-refractivity contribution in [3.05, 3.63) is 58.2 Å². The van der Waals surface area contributed by atoms with Crippen molar-refractivity contribution in [3.8, 4) is 0 Å². The molecule has 2 heterocycles. The van der Waals surface area contributed by atoms with Gasteiger partial charge in [0.25, 0.3) is 0 Å². The van der Waals surface area contributed by atoms with Crippen LogP contribution >= 0.6 is 0 Å². The maximum atomic E-state index is 4.97. The summed E-state index contributed by atoms with van der Waals surface area (Å²) in [6, 6.07) is 6.79. The molecule has 1 saturated carbocycles. The first-order chi connectivity index (χ1) is 12.2. The van der Waals surface area contributed by atoms with Crippen LogP contribution in [0.5, 0.6) is 0 Å². The third kappa shape index (κ3) is 3.77. The highest BCUT2D eigenvalue weighted by atomic mass is 15.1. The third-order valence-electron chi connectivity index (χ3n) is 5.89. The molecular weight excluding hydrogens is 306 g/mol. The van der Waals surface area contributed by atoms with Crippen LogP contribution < -0.4 is 0 Å². The molecule has 3 heteroatoms. The van der Waals surface area contributed by atoms with Crippen molar-refractivity contribution in [3.63, 3.8) is 0 Å². The van der Waals surface area contributed by atoms with E-state index >= 15 is 0 Å². The Hall–Kier alpha value is -1.74. The summed E-state index contributed by atoms with van der Waals surface area (Å²) in [7, 11) is 0. The SMILES string of the molecule is Cc1ccc(CN2CCc3nc(C4CCCCC4)ncc3C2)c(C)c1. The Morgan fingerprint density at radius 1 is 1.12 bits per heavy atom. The van der Waals surface area contributed by atoms with E-state index in [0.717, 1.165) is 31.9 Å². The average molecular weight is 335 g/mol. The molecular formula is C22H29N3. The predicted molar refractivity (Wildman–Crippen MR) is 102 cm³/mol. The van der Waals surface area contributed by atoms with E-state index in [4.69, 9.17) is 9.97 Å². The zero-order valence-electron chi connectivity index (χ0n) is 15.6. The lowest BCUT2D eigenvalue weighted by molar-refractivity contribution is 0.241. The minimum Gasteiger partial charge on any atom is -0.294 e. The van der Waals surface area contributed by atoms with E-state index in [0.29, 0.717) is 5.92 Å². The lowest BCUT2D eigenvalue weighted by atomic mass is 9.88. The van der Waals surface area contributed by atoms with E-state index in [-0.39, 0.29) is 0 Å². The highest BCUT2D eigenvalue weighted by molar-refractivity contribution is 5.31. The number of hydrogen-bond donors (Lipinski definition) is 0. The van der Waals surface area contributed by atoms with Crippen molar-refractivity contribution >= 4 is 0 Å². The van der Waals surface area contributed by atoms with Crippen LogP contribution in [0.4, 0.5) is 0 Å². The molecule has 1 aromatic heterocycles. The lowest BCUT2D eigenvalue weighted by Crippen LogP contribution is -2.31. The molecule has 2 aliphatic rings. The van der Waals surface area contributed by atoms with Crippen LogP contribution in [0.2, 0.25) is 0 Å². The second-order valence-corrected chi connectivity index (χ2v) is 7.93. The fourth-order valence-electron chi connectivity index (χ4n) is 4.35. The molecule has 0 amide bonds. The summed E-state index contributed by atoms with van der Waals surface area (Å²) in [6.07, 6.45) is 9.79. The summed E-state index contributed by atoms with van der Waals surface area (Å²) in [5.74, 6) is 1.72. The van der Waals surface area contributed by atoms with Gasteiger partial charge in [-0.1, -0.05) is 43.0 Å². The van der Waals surface area contributed by atoms with Crippen LogP contribution in [-0.4, -0.2) is 21.4 Å². The van der Waals surface area contributed by atoms with E-state index in [1.54, 1.807) is 0 Å². The summed E-state index contributed by atoms with van der Waals surface area (Å²) >= 11 is 0. The largest absolute Gasteiger partial charge is 0.294 e. The molecule has 0 atom stereocenters. The minimum absolute atomic E-state index is 0.604. The number of rotatable bonds is 3. The Labute approximate surface area is 151 Å². The molecule has 4 rings (SSSR count). The first kappa shape index (κ1) is 16.7. The van der Waals surface area contributed by atoms with Crippen LogP contribution in [0, 0.1) is 13.8 Å². The maximum Gasteiger partial charge on any atom is 0.131 e. The molecule has 1 fully saturated rings. The third-order valence-corrected chi connectivity index (χ3v) is 5.89. The Balaban J connectivity index is 1.46. The molecule has 1 aliphatic carbocycles. The van der Waals surface area contributed by atoms with Crippen molar-refractivity contribution in [2.45, 2.75) is 71.4 Å². The molecule has 2 aromatic rings. The zero-order chi connectivity index (χ0) is 17.2. The van der Waals surface area contributed by atoms with E-state index in [1.165, 1.54) is 60.1 Å². The number of aryl methyl sites for hydroxylation is 2. The second-order valence-electron chi connectivity index (χ2n) is 7.93. The summed E-state index contributed by atoms with van der Waals surface area (Å²) in [6.45, 7) is 7.49. The molecule has 0 radical (unpaired) electrons. The Bertz CT molecular complexity index is 747. The van der Waals surface area contributed by atoms with Crippen molar-refractivity contribution in [2.75, 3.05) is 6.54 Å². The fourth-order valence-corrected chi connectivity index (χ4v) is 4.35.